The second-order valence-electron chi connectivity index (χ2n) is 26.9. The number of aliphatic hydroxyl groups excluding tert-OH is 1. The molecule has 110 heavy (non-hydrogen) atoms. The molecule has 3 N–H and O–H groups in total. The summed E-state index contributed by atoms with van der Waals surface area (Å²) in [5, 5.41) is 10.7. The number of unbranched alkanes of at least 4 members (excludes halogenated alkanes) is 18. The van der Waals surface area contributed by atoms with E-state index in [1.165, 1.54) is 19.3 Å². The summed E-state index contributed by atoms with van der Waals surface area (Å²) in [5.41, 5.74) is 0. The molecular weight excluding hydrogens is 1430 g/mol. The number of hydrogen-bond acceptors (Lipinski definition) is 15. The predicted molar refractivity (Wildman–Crippen MR) is 454 cm³/mol. The highest BCUT2D eigenvalue weighted by atomic mass is 31.2. The van der Waals surface area contributed by atoms with Crippen molar-refractivity contribution in [2.75, 3.05) is 39.6 Å². The van der Waals surface area contributed by atoms with E-state index in [2.05, 4.69) is 210 Å². The van der Waals surface area contributed by atoms with Gasteiger partial charge in [0.15, 0.2) is 12.2 Å². The molecule has 622 valence electrons. The Morgan fingerprint density at radius 2 is 0.482 bits per heavy atom. The maximum Gasteiger partial charge on any atom is 0.472 e. The van der Waals surface area contributed by atoms with E-state index in [0.29, 0.717) is 32.1 Å². The molecule has 0 bridgehead atoms. The molecule has 0 aromatic heterocycles. The van der Waals surface area contributed by atoms with Crippen LogP contribution < -0.4 is 0 Å². The van der Waals surface area contributed by atoms with Gasteiger partial charge in [0.1, 0.15) is 19.3 Å². The van der Waals surface area contributed by atoms with Gasteiger partial charge >= 0.3 is 39.5 Å². The average molecular weight is 1570 g/mol. The second kappa shape index (κ2) is 80.9. The van der Waals surface area contributed by atoms with Crippen molar-refractivity contribution in [3.05, 3.63) is 194 Å². The number of aliphatic hydroxyl groups is 1. The molecule has 0 amide bonds. The number of phosphoric ester groups is 2. The zero-order valence-corrected chi connectivity index (χ0v) is 69.9. The van der Waals surface area contributed by atoms with E-state index < -0.39 is 97.5 Å². The zero-order valence-electron chi connectivity index (χ0n) is 68.1. The third-order valence-electron chi connectivity index (χ3n) is 16.5. The van der Waals surface area contributed by atoms with E-state index in [9.17, 15) is 43.2 Å². The molecule has 5 atom stereocenters. The highest BCUT2D eigenvalue weighted by Gasteiger charge is 2.30. The minimum atomic E-state index is -5.02. The monoisotopic (exact) mass is 1570 g/mol. The van der Waals surface area contributed by atoms with Gasteiger partial charge in [-0.1, -0.05) is 286 Å². The SMILES string of the molecule is CC/C=C\C/C=C\C/C=C\C/C=C\C/C=C\CCCCCC(=O)OCC(COP(=O)(O)OCC(O)COP(=O)(O)OCC(COC(=O)CCCCCCCC/C=C\C/C=C\C/C=C\C/C=C\CC)OC(=O)CCCCCCC/C=C\C/C=C\CCCCC)OC(=O)CCC/C=C\C/C=C\C/C=C\C/C=C\C/C=C\CC. The van der Waals surface area contributed by atoms with Gasteiger partial charge in [-0.15, -0.1) is 0 Å². The number of allylic oxidation sites excluding steroid dienone is 32. The molecule has 0 heterocycles. The van der Waals surface area contributed by atoms with Crippen molar-refractivity contribution in [3.8, 4) is 0 Å². The van der Waals surface area contributed by atoms with E-state index in [1.807, 2.05) is 12.2 Å². The molecule has 0 saturated heterocycles. The van der Waals surface area contributed by atoms with E-state index in [4.69, 9.17) is 37.0 Å². The Morgan fingerprint density at radius 3 is 0.773 bits per heavy atom. The molecule has 0 aromatic carbocycles. The molecule has 5 unspecified atom stereocenters. The number of carbonyl (C=O) groups is 4. The first-order valence-electron chi connectivity index (χ1n) is 41.7. The third kappa shape index (κ3) is 80.0. The second-order valence-corrected chi connectivity index (χ2v) is 29.8. The Bertz CT molecular complexity index is 2850. The fourth-order valence-electron chi connectivity index (χ4n) is 10.3. The summed E-state index contributed by atoms with van der Waals surface area (Å²) in [6.45, 7) is 4.36. The predicted octanol–water partition coefficient (Wildman–Crippen LogP) is 24.9. The van der Waals surface area contributed by atoms with Gasteiger partial charge in [0.25, 0.3) is 0 Å². The lowest BCUT2D eigenvalue weighted by atomic mass is 10.1. The Kier molecular flexibility index (Phi) is 76.4. The van der Waals surface area contributed by atoms with Crippen LogP contribution in [0.15, 0.2) is 194 Å². The Balaban J connectivity index is 5.50. The first-order valence-corrected chi connectivity index (χ1v) is 44.7. The number of hydrogen-bond donors (Lipinski definition) is 3. The highest BCUT2D eigenvalue weighted by Crippen LogP contribution is 2.45. The van der Waals surface area contributed by atoms with Gasteiger partial charge in [-0.2, -0.15) is 0 Å². The molecule has 0 fully saturated rings. The van der Waals surface area contributed by atoms with Crippen LogP contribution in [0.4, 0.5) is 0 Å². The molecule has 0 radical (unpaired) electrons. The number of phosphoric acid groups is 2. The van der Waals surface area contributed by atoms with Crippen molar-refractivity contribution in [3.63, 3.8) is 0 Å². The van der Waals surface area contributed by atoms with Crippen LogP contribution in [0.25, 0.3) is 0 Å². The number of carbonyl (C=O) groups excluding carboxylic acids is 4. The first kappa shape index (κ1) is 104. The molecule has 17 nitrogen and oxygen atoms in total. The lowest BCUT2D eigenvalue weighted by molar-refractivity contribution is -0.161. The number of esters is 4. The summed E-state index contributed by atoms with van der Waals surface area (Å²) in [7, 11) is -10.0. The fraction of sp³-hybridized carbons (Fsp3) is 0.604. The summed E-state index contributed by atoms with van der Waals surface area (Å²) in [6, 6.07) is 0. The summed E-state index contributed by atoms with van der Waals surface area (Å²) >= 11 is 0. The van der Waals surface area contributed by atoms with E-state index in [-0.39, 0.29) is 25.7 Å². The summed E-state index contributed by atoms with van der Waals surface area (Å²) in [4.78, 5) is 73.2. The maximum absolute atomic E-state index is 13.1. The third-order valence-corrected chi connectivity index (χ3v) is 18.4. The van der Waals surface area contributed by atoms with Crippen LogP contribution >= 0.6 is 15.6 Å². The van der Waals surface area contributed by atoms with Crippen LogP contribution in [-0.2, 0) is 65.4 Å². The fourth-order valence-corrected chi connectivity index (χ4v) is 11.9. The van der Waals surface area contributed by atoms with Crippen LogP contribution in [0.2, 0.25) is 0 Å². The standard InChI is InChI=1S/C91H146O17P2/c1-5-9-13-17-21-25-29-33-37-40-42-45-48-51-55-59-63-67-71-75-88(93)101-81-86(107-90(95)77-73-69-65-61-57-53-47-36-32-28-24-20-16-12-8-4)83-105-109(97,98)103-79-85(92)80-104-110(99,100)106-84-87(108-91(96)78-74-70-66-62-58-54-50-44-39-35-31-27-23-19-15-11-7-3)82-102-89(94)76-72-68-64-60-56-52-49-46-43-41-38-34-30-26-22-18-14-10-6-2/h9-11,13-15,21-28,33-39,42-43,45-47,50,52,54,56,62,66,85-87,92H,5-8,12,16-20,29-32,40-41,44,48-49,51,53,55,57-61,63-65,67-84H2,1-4H3,(H,97,98)(H,99,100)/b13-9-,14-10-,15-11-,25-21-,26-22-,27-23-,28-24-,37-33-,38-34-,39-35-,45-42-,46-43-,47-36-,54-50-,56-52-,66-62-. The summed E-state index contributed by atoms with van der Waals surface area (Å²) in [6.07, 6.45) is 99.7. The average Bonchev–Trinajstić information content (AvgIpc) is 0.906. The smallest absolute Gasteiger partial charge is 0.462 e. The Morgan fingerprint density at radius 1 is 0.264 bits per heavy atom. The largest absolute Gasteiger partial charge is 0.472 e. The van der Waals surface area contributed by atoms with Crippen LogP contribution in [-0.4, -0.2) is 96.7 Å². The van der Waals surface area contributed by atoms with Gasteiger partial charge in [0, 0.05) is 25.7 Å². The lowest BCUT2D eigenvalue weighted by Crippen LogP contribution is -2.30. The first-order chi connectivity index (χ1) is 53.7. The molecule has 0 aromatic rings. The minimum absolute atomic E-state index is 0.000658. The normalized spacial score (nSPS) is 14.8. The lowest BCUT2D eigenvalue weighted by Gasteiger charge is -2.21. The van der Waals surface area contributed by atoms with Crippen LogP contribution in [0, 0.1) is 0 Å². The molecule has 19 heteroatoms. The maximum atomic E-state index is 13.1. The summed E-state index contributed by atoms with van der Waals surface area (Å²) in [5.74, 6) is -2.33. The van der Waals surface area contributed by atoms with Gasteiger partial charge < -0.3 is 33.8 Å². The quantitative estimate of drug-likeness (QED) is 0.0169. The van der Waals surface area contributed by atoms with Crippen molar-refractivity contribution in [1.29, 1.82) is 0 Å². The number of ether oxygens (including phenoxy) is 4. The molecule has 0 aliphatic rings. The number of rotatable bonds is 76. The van der Waals surface area contributed by atoms with Crippen molar-refractivity contribution < 1.29 is 80.2 Å². The van der Waals surface area contributed by atoms with Crippen molar-refractivity contribution >= 4 is 39.5 Å². The Labute approximate surface area is 666 Å². The molecule has 0 spiro atoms. The zero-order chi connectivity index (χ0) is 80.3. The van der Waals surface area contributed by atoms with Crippen LogP contribution in [0.1, 0.15) is 297 Å². The molecule has 0 aliphatic heterocycles. The van der Waals surface area contributed by atoms with Crippen LogP contribution in [0.3, 0.4) is 0 Å². The van der Waals surface area contributed by atoms with Crippen molar-refractivity contribution in [2.45, 2.75) is 316 Å². The molecule has 0 aliphatic carbocycles. The topological polar surface area (TPSA) is 237 Å². The Hall–Kier alpha value is -6.10. The molecular formula is C91H146O17P2. The molecule has 0 rings (SSSR count). The van der Waals surface area contributed by atoms with Gasteiger partial charge in [-0.3, -0.25) is 37.3 Å². The van der Waals surface area contributed by atoms with E-state index in [0.717, 1.165) is 193 Å². The van der Waals surface area contributed by atoms with Gasteiger partial charge in [-0.25, -0.2) is 9.13 Å². The van der Waals surface area contributed by atoms with Gasteiger partial charge in [-0.05, 0) is 180 Å². The van der Waals surface area contributed by atoms with E-state index >= 15 is 0 Å². The van der Waals surface area contributed by atoms with Crippen molar-refractivity contribution in [2.24, 2.45) is 0 Å². The minimum Gasteiger partial charge on any atom is -0.462 e. The summed E-state index contributed by atoms with van der Waals surface area (Å²) < 4.78 is 68.7. The highest BCUT2D eigenvalue weighted by molar-refractivity contribution is 7.47. The van der Waals surface area contributed by atoms with Gasteiger partial charge in [0.05, 0.1) is 26.4 Å². The van der Waals surface area contributed by atoms with Gasteiger partial charge in [0.2, 0.25) is 0 Å². The van der Waals surface area contributed by atoms with Crippen LogP contribution in [0.5, 0.6) is 0 Å². The van der Waals surface area contributed by atoms with Crippen molar-refractivity contribution in [1.82, 2.24) is 0 Å². The van der Waals surface area contributed by atoms with E-state index in [1.54, 1.807) is 0 Å². The molecule has 0 saturated carbocycles.